The standard InChI is InChI=1S/C20H29N3O3S/c1-4-5-6-7-8-9-10-19-22-23-20(27-19)21-18(24)14-15-11-12-16(25-2)17(13-15)26-3/h11-13H,4-10,14H2,1-3H3,(H,21,23,24). The SMILES string of the molecule is CCCCCCCCc1nnc(NC(=O)Cc2ccc(OC)c(OC)c2)s1. The second-order valence-corrected chi connectivity index (χ2v) is 7.50. The first-order valence-electron chi connectivity index (χ1n) is 9.49. The van der Waals surface area contributed by atoms with Crippen LogP contribution in [-0.2, 0) is 17.6 Å². The molecule has 0 radical (unpaired) electrons. The number of aryl methyl sites for hydroxylation is 1. The van der Waals surface area contributed by atoms with Gasteiger partial charge in [0.1, 0.15) is 5.01 Å². The Kier molecular flexibility index (Phi) is 9.04. The number of aromatic nitrogens is 2. The topological polar surface area (TPSA) is 73.3 Å². The molecule has 0 aliphatic heterocycles. The average molecular weight is 392 g/mol. The number of carbonyl (C=O) groups is 1. The summed E-state index contributed by atoms with van der Waals surface area (Å²) in [7, 11) is 3.16. The van der Waals surface area contributed by atoms with Crippen LogP contribution in [0, 0.1) is 0 Å². The van der Waals surface area contributed by atoms with E-state index in [1.54, 1.807) is 20.3 Å². The molecule has 0 aliphatic carbocycles. The maximum absolute atomic E-state index is 12.3. The van der Waals surface area contributed by atoms with E-state index in [1.807, 2.05) is 12.1 Å². The fourth-order valence-corrected chi connectivity index (χ4v) is 3.60. The van der Waals surface area contributed by atoms with E-state index >= 15 is 0 Å². The van der Waals surface area contributed by atoms with Gasteiger partial charge in [-0.2, -0.15) is 0 Å². The molecule has 7 heteroatoms. The van der Waals surface area contributed by atoms with Crippen molar-refractivity contribution in [3.8, 4) is 11.5 Å². The summed E-state index contributed by atoms with van der Waals surface area (Å²) in [6, 6.07) is 5.46. The molecule has 1 heterocycles. The highest BCUT2D eigenvalue weighted by Gasteiger charge is 2.11. The van der Waals surface area contributed by atoms with Gasteiger partial charge in [0, 0.05) is 6.42 Å². The number of hydrogen-bond acceptors (Lipinski definition) is 6. The van der Waals surface area contributed by atoms with Crippen molar-refractivity contribution in [1.29, 1.82) is 0 Å². The predicted molar refractivity (Wildman–Crippen MR) is 109 cm³/mol. The van der Waals surface area contributed by atoms with Gasteiger partial charge in [0.15, 0.2) is 11.5 Å². The number of rotatable bonds is 12. The lowest BCUT2D eigenvalue weighted by molar-refractivity contribution is -0.115. The van der Waals surface area contributed by atoms with Crippen molar-refractivity contribution in [2.45, 2.75) is 58.3 Å². The number of nitrogens with one attached hydrogen (secondary N) is 1. The fraction of sp³-hybridized carbons (Fsp3) is 0.550. The molecule has 2 aromatic rings. The minimum atomic E-state index is -0.121. The van der Waals surface area contributed by atoms with Crippen LogP contribution >= 0.6 is 11.3 Å². The maximum atomic E-state index is 12.3. The quantitative estimate of drug-likeness (QED) is 0.534. The highest BCUT2D eigenvalue weighted by atomic mass is 32.1. The van der Waals surface area contributed by atoms with Gasteiger partial charge in [-0.25, -0.2) is 0 Å². The molecular weight excluding hydrogens is 362 g/mol. The normalized spacial score (nSPS) is 10.6. The Morgan fingerprint density at radius 2 is 1.78 bits per heavy atom. The van der Waals surface area contributed by atoms with E-state index in [1.165, 1.54) is 43.4 Å². The van der Waals surface area contributed by atoms with Crippen LogP contribution in [0.5, 0.6) is 11.5 Å². The first-order valence-corrected chi connectivity index (χ1v) is 10.3. The Morgan fingerprint density at radius 3 is 2.52 bits per heavy atom. The van der Waals surface area contributed by atoms with Crippen LogP contribution in [0.2, 0.25) is 0 Å². The van der Waals surface area contributed by atoms with E-state index in [4.69, 9.17) is 9.47 Å². The van der Waals surface area contributed by atoms with Gasteiger partial charge >= 0.3 is 0 Å². The Labute approximate surface area is 165 Å². The first kappa shape index (κ1) is 21.2. The molecule has 0 saturated heterocycles. The Bertz CT molecular complexity index is 718. The lowest BCUT2D eigenvalue weighted by Crippen LogP contribution is -2.14. The zero-order valence-electron chi connectivity index (χ0n) is 16.4. The number of methoxy groups -OCH3 is 2. The van der Waals surface area contributed by atoms with Crippen LogP contribution < -0.4 is 14.8 Å². The first-order chi connectivity index (χ1) is 13.2. The van der Waals surface area contributed by atoms with E-state index in [0.717, 1.165) is 23.4 Å². The lowest BCUT2D eigenvalue weighted by Gasteiger charge is -2.09. The van der Waals surface area contributed by atoms with Crippen LogP contribution in [-0.4, -0.2) is 30.3 Å². The van der Waals surface area contributed by atoms with Crippen molar-refractivity contribution in [2.75, 3.05) is 19.5 Å². The number of anilines is 1. The summed E-state index contributed by atoms with van der Waals surface area (Å²) in [5, 5.41) is 12.6. The van der Waals surface area contributed by atoms with Crippen molar-refractivity contribution in [3.05, 3.63) is 28.8 Å². The molecule has 0 fully saturated rings. The minimum absolute atomic E-state index is 0.121. The summed E-state index contributed by atoms with van der Waals surface area (Å²) in [6.07, 6.45) is 8.68. The summed E-state index contributed by atoms with van der Waals surface area (Å²) < 4.78 is 10.5. The van der Waals surface area contributed by atoms with Crippen LogP contribution in [0.1, 0.15) is 56.0 Å². The highest BCUT2D eigenvalue weighted by molar-refractivity contribution is 7.15. The van der Waals surface area contributed by atoms with E-state index < -0.39 is 0 Å². The molecule has 148 valence electrons. The largest absolute Gasteiger partial charge is 0.493 e. The summed E-state index contributed by atoms with van der Waals surface area (Å²) in [5.74, 6) is 1.13. The van der Waals surface area contributed by atoms with Crippen molar-refractivity contribution >= 4 is 22.4 Å². The zero-order chi connectivity index (χ0) is 19.5. The third-order valence-electron chi connectivity index (χ3n) is 4.27. The van der Waals surface area contributed by atoms with Crippen LogP contribution in [0.3, 0.4) is 0 Å². The molecule has 1 aromatic heterocycles. The van der Waals surface area contributed by atoms with E-state index in [0.29, 0.717) is 16.6 Å². The summed E-state index contributed by atoms with van der Waals surface area (Å²) in [4.78, 5) is 12.3. The molecule has 0 atom stereocenters. The lowest BCUT2D eigenvalue weighted by atomic mass is 10.1. The van der Waals surface area contributed by atoms with Gasteiger partial charge in [-0.05, 0) is 24.1 Å². The van der Waals surface area contributed by atoms with Crippen LogP contribution in [0.25, 0.3) is 0 Å². The number of benzene rings is 1. The van der Waals surface area contributed by atoms with Gasteiger partial charge in [-0.3, -0.25) is 4.79 Å². The van der Waals surface area contributed by atoms with Gasteiger partial charge in [0.05, 0.1) is 20.6 Å². The molecule has 0 unspecified atom stereocenters. The van der Waals surface area contributed by atoms with Crippen molar-refractivity contribution < 1.29 is 14.3 Å². The number of carbonyl (C=O) groups excluding carboxylic acids is 1. The molecule has 0 saturated carbocycles. The molecule has 0 bridgehead atoms. The van der Waals surface area contributed by atoms with Crippen LogP contribution in [0.4, 0.5) is 5.13 Å². The van der Waals surface area contributed by atoms with Crippen molar-refractivity contribution in [3.63, 3.8) is 0 Å². The van der Waals surface area contributed by atoms with E-state index in [9.17, 15) is 4.79 Å². The van der Waals surface area contributed by atoms with E-state index in [-0.39, 0.29) is 12.3 Å². The predicted octanol–water partition coefficient (Wildman–Crippen LogP) is 4.64. The zero-order valence-corrected chi connectivity index (χ0v) is 17.2. The maximum Gasteiger partial charge on any atom is 0.230 e. The van der Waals surface area contributed by atoms with Gasteiger partial charge < -0.3 is 14.8 Å². The summed E-state index contributed by atoms with van der Waals surface area (Å²) in [6.45, 7) is 2.22. The second-order valence-electron chi connectivity index (χ2n) is 6.43. The van der Waals surface area contributed by atoms with Gasteiger partial charge in [0.25, 0.3) is 0 Å². The Balaban J connectivity index is 1.78. The number of unbranched alkanes of at least 4 members (excludes halogenated alkanes) is 5. The third-order valence-corrected chi connectivity index (χ3v) is 5.17. The molecular formula is C20H29N3O3S. The summed E-state index contributed by atoms with van der Waals surface area (Å²) >= 11 is 1.45. The Hall–Kier alpha value is -2.15. The molecule has 2 rings (SSSR count). The van der Waals surface area contributed by atoms with Gasteiger partial charge in [0.2, 0.25) is 11.0 Å². The monoisotopic (exact) mass is 391 g/mol. The molecule has 1 amide bonds. The Morgan fingerprint density at radius 1 is 1.04 bits per heavy atom. The van der Waals surface area contributed by atoms with Crippen LogP contribution in [0.15, 0.2) is 18.2 Å². The molecule has 1 N–H and O–H groups in total. The smallest absolute Gasteiger partial charge is 0.230 e. The minimum Gasteiger partial charge on any atom is -0.493 e. The molecule has 0 spiro atoms. The molecule has 6 nitrogen and oxygen atoms in total. The van der Waals surface area contributed by atoms with Crippen molar-refractivity contribution in [1.82, 2.24) is 10.2 Å². The fourth-order valence-electron chi connectivity index (χ4n) is 2.80. The number of nitrogens with zero attached hydrogens (tertiary/aromatic N) is 2. The van der Waals surface area contributed by atoms with Gasteiger partial charge in [-0.1, -0.05) is 56.4 Å². The molecule has 1 aromatic carbocycles. The average Bonchev–Trinajstić information content (AvgIpc) is 3.11. The number of amides is 1. The van der Waals surface area contributed by atoms with E-state index in [2.05, 4.69) is 22.4 Å². The number of ether oxygens (including phenoxy) is 2. The number of hydrogen-bond donors (Lipinski definition) is 1. The highest BCUT2D eigenvalue weighted by Crippen LogP contribution is 2.28. The molecule has 27 heavy (non-hydrogen) atoms. The second kappa shape index (κ2) is 11.5. The third kappa shape index (κ3) is 7.17. The summed E-state index contributed by atoms with van der Waals surface area (Å²) in [5.41, 5.74) is 0.849. The molecule has 0 aliphatic rings. The van der Waals surface area contributed by atoms with Crippen molar-refractivity contribution in [2.24, 2.45) is 0 Å². The van der Waals surface area contributed by atoms with Gasteiger partial charge in [-0.15, -0.1) is 10.2 Å².